The van der Waals surface area contributed by atoms with E-state index in [1.54, 1.807) is 49.4 Å². The zero-order valence-electron chi connectivity index (χ0n) is 18.8. The van der Waals surface area contributed by atoms with Gasteiger partial charge in [-0.25, -0.2) is 4.79 Å². The smallest absolute Gasteiger partial charge is 0.335 e. The average molecular weight is 556 g/mol. The molecule has 0 atom stereocenters. The lowest BCUT2D eigenvalue weighted by atomic mass is 10.1. The highest BCUT2D eigenvalue weighted by molar-refractivity contribution is 9.10. The normalized spacial score (nSPS) is 10.9. The van der Waals surface area contributed by atoms with Gasteiger partial charge in [0.15, 0.2) is 11.5 Å². The number of carboxylic acids is 1. The van der Waals surface area contributed by atoms with Crippen LogP contribution in [0.4, 0.5) is 5.69 Å². The standard InChI is InChI=1S/C26H20BrClN2O5/c1-15-21(28)4-3-5-22(15)30-25(31)19(13-29)10-18-11-23(34-2)24(12-20(18)27)35-14-16-6-8-17(9-7-16)26(32)33/h3-12H,14H2,1-2H3,(H,30,31)(H,32,33)/b19-10+. The number of anilines is 1. The van der Waals surface area contributed by atoms with Gasteiger partial charge in [-0.15, -0.1) is 0 Å². The monoisotopic (exact) mass is 554 g/mol. The second-order valence-electron chi connectivity index (χ2n) is 7.35. The van der Waals surface area contributed by atoms with Crippen LogP contribution in [0.2, 0.25) is 5.02 Å². The predicted octanol–water partition coefficient (Wildman–Crippen LogP) is 6.24. The van der Waals surface area contributed by atoms with Crippen molar-refractivity contribution in [2.24, 2.45) is 0 Å². The molecule has 0 bridgehead atoms. The summed E-state index contributed by atoms with van der Waals surface area (Å²) in [5, 5.41) is 21.8. The molecule has 3 aromatic carbocycles. The van der Waals surface area contributed by atoms with Gasteiger partial charge in [0.05, 0.1) is 12.7 Å². The van der Waals surface area contributed by atoms with Gasteiger partial charge in [-0.1, -0.05) is 45.7 Å². The van der Waals surface area contributed by atoms with Crippen LogP contribution in [0.15, 0.2) is 64.6 Å². The Morgan fingerprint density at radius 3 is 2.51 bits per heavy atom. The van der Waals surface area contributed by atoms with Crippen molar-refractivity contribution < 1.29 is 24.2 Å². The summed E-state index contributed by atoms with van der Waals surface area (Å²) in [7, 11) is 1.48. The Labute approximate surface area is 215 Å². The Morgan fingerprint density at radius 2 is 1.89 bits per heavy atom. The molecule has 2 N–H and O–H groups in total. The molecule has 0 spiro atoms. The molecule has 1 amide bonds. The summed E-state index contributed by atoms with van der Waals surface area (Å²) in [5.74, 6) is -0.755. The largest absolute Gasteiger partial charge is 0.493 e. The summed E-state index contributed by atoms with van der Waals surface area (Å²) in [6.45, 7) is 1.96. The number of carbonyl (C=O) groups is 2. The van der Waals surface area contributed by atoms with Crippen LogP contribution in [-0.4, -0.2) is 24.1 Å². The second-order valence-corrected chi connectivity index (χ2v) is 8.61. The number of ether oxygens (including phenoxy) is 2. The lowest BCUT2D eigenvalue weighted by Gasteiger charge is -2.13. The van der Waals surface area contributed by atoms with E-state index in [0.29, 0.717) is 37.8 Å². The third kappa shape index (κ3) is 6.41. The van der Waals surface area contributed by atoms with E-state index >= 15 is 0 Å². The van der Waals surface area contributed by atoms with Crippen molar-refractivity contribution in [2.75, 3.05) is 12.4 Å². The molecule has 0 aliphatic heterocycles. The number of benzene rings is 3. The topological polar surface area (TPSA) is 109 Å². The molecule has 3 rings (SSSR count). The number of amides is 1. The Kier molecular flexibility index (Phi) is 8.53. The quantitative estimate of drug-likeness (QED) is 0.251. The molecule has 0 unspecified atom stereocenters. The first-order chi connectivity index (χ1) is 16.7. The van der Waals surface area contributed by atoms with Crippen LogP contribution in [0.25, 0.3) is 6.08 Å². The van der Waals surface area contributed by atoms with E-state index in [1.807, 2.05) is 6.07 Å². The van der Waals surface area contributed by atoms with Gasteiger partial charge in [0.25, 0.3) is 5.91 Å². The minimum atomic E-state index is -1.00. The van der Waals surface area contributed by atoms with Crippen molar-refractivity contribution in [1.29, 1.82) is 5.26 Å². The minimum Gasteiger partial charge on any atom is -0.493 e. The van der Waals surface area contributed by atoms with Gasteiger partial charge in [-0.05, 0) is 66.1 Å². The summed E-state index contributed by atoms with van der Waals surface area (Å²) >= 11 is 9.56. The molecule has 0 saturated carbocycles. The fraction of sp³-hybridized carbons (Fsp3) is 0.115. The summed E-state index contributed by atoms with van der Waals surface area (Å²) in [4.78, 5) is 23.7. The molecule has 0 fully saturated rings. The van der Waals surface area contributed by atoms with Crippen molar-refractivity contribution in [2.45, 2.75) is 13.5 Å². The van der Waals surface area contributed by atoms with Gasteiger partial charge < -0.3 is 19.9 Å². The van der Waals surface area contributed by atoms with Crippen LogP contribution in [0.5, 0.6) is 11.5 Å². The molecule has 0 aliphatic rings. The van der Waals surface area contributed by atoms with Crippen LogP contribution < -0.4 is 14.8 Å². The maximum Gasteiger partial charge on any atom is 0.335 e. The van der Waals surface area contributed by atoms with Crippen LogP contribution in [0.3, 0.4) is 0 Å². The van der Waals surface area contributed by atoms with E-state index in [2.05, 4.69) is 21.2 Å². The third-order valence-electron chi connectivity index (χ3n) is 5.06. The molecule has 7 nitrogen and oxygen atoms in total. The van der Waals surface area contributed by atoms with E-state index in [-0.39, 0.29) is 17.7 Å². The molecule has 9 heteroatoms. The van der Waals surface area contributed by atoms with Crippen LogP contribution >= 0.6 is 27.5 Å². The van der Waals surface area contributed by atoms with Crippen LogP contribution in [0.1, 0.15) is 27.0 Å². The van der Waals surface area contributed by atoms with Gasteiger partial charge in [0.2, 0.25) is 0 Å². The van der Waals surface area contributed by atoms with Gasteiger partial charge in [-0.2, -0.15) is 5.26 Å². The van der Waals surface area contributed by atoms with Crippen molar-refractivity contribution >= 4 is 51.2 Å². The van der Waals surface area contributed by atoms with Gasteiger partial charge in [0.1, 0.15) is 18.2 Å². The van der Waals surface area contributed by atoms with E-state index in [0.717, 1.165) is 5.56 Å². The lowest BCUT2D eigenvalue weighted by molar-refractivity contribution is -0.112. The maximum atomic E-state index is 12.7. The SMILES string of the molecule is COc1cc(/C=C(\C#N)C(=O)Nc2cccc(Cl)c2C)c(Br)cc1OCc1ccc(C(=O)O)cc1. The molecule has 0 aromatic heterocycles. The third-order valence-corrected chi connectivity index (χ3v) is 6.16. The molecule has 178 valence electrons. The average Bonchev–Trinajstić information content (AvgIpc) is 2.85. The summed E-state index contributed by atoms with van der Waals surface area (Å²) in [6.07, 6.45) is 1.44. The predicted molar refractivity (Wildman–Crippen MR) is 137 cm³/mol. The number of aromatic carboxylic acids is 1. The zero-order valence-corrected chi connectivity index (χ0v) is 21.1. The van der Waals surface area contributed by atoms with Gasteiger partial charge in [-0.3, -0.25) is 4.79 Å². The number of carbonyl (C=O) groups excluding carboxylic acids is 1. The molecular formula is C26H20BrClN2O5. The number of hydrogen-bond acceptors (Lipinski definition) is 5. The summed E-state index contributed by atoms with van der Waals surface area (Å²) < 4.78 is 11.9. The van der Waals surface area contributed by atoms with Gasteiger partial charge in [0, 0.05) is 15.2 Å². The summed E-state index contributed by atoms with van der Waals surface area (Å²) in [5.41, 5.74) is 2.60. The lowest BCUT2D eigenvalue weighted by Crippen LogP contribution is -2.14. The number of methoxy groups -OCH3 is 1. The number of hydrogen-bond donors (Lipinski definition) is 2. The van der Waals surface area contributed by atoms with Crippen LogP contribution in [0, 0.1) is 18.3 Å². The van der Waals surface area contributed by atoms with Crippen molar-refractivity contribution in [3.05, 3.63) is 91.9 Å². The first-order valence-corrected chi connectivity index (χ1v) is 11.4. The molecule has 3 aromatic rings. The Bertz CT molecular complexity index is 1350. The van der Waals surface area contributed by atoms with E-state index in [9.17, 15) is 14.9 Å². The Hall–Kier alpha value is -3.80. The molecule has 0 saturated heterocycles. The van der Waals surface area contributed by atoms with Crippen molar-refractivity contribution in [3.63, 3.8) is 0 Å². The number of nitrogens with one attached hydrogen (secondary N) is 1. The maximum absolute atomic E-state index is 12.7. The number of nitriles is 1. The first kappa shape index (κ1) is 25.8. The van der Waals surface area contributed by atoms with E-state index < -0.39 is 11.9 Å². The minimum absolute atomic E-state index is 0.112. The second kappa shape index (κ2) is 11.6. The van der Waals surface area contributed by atoms with E-state index in [1.165, 1.54) is 25.3 Å². The van der Waals surface area contributed by atoms with Crippen molar-refractivity contribution in [1.82, 2.24) is 0 Å². The molecule has 0 heterocycles. The van der Waals surface area contributed by atoms with Gasteiger partial charge >= 0.3 is 5.97 Å². The molecular weight excluding hydrogens is 536 g/mol. The highest BCUT2D eigenvalue weighted by Crippen LogP contribution is 2.35. The molecule has 35 heavy (non-hydrogen) atoms. The number of rotatable bonds is 8. The highest BCUT2D eigenvalue weighted by Gasteiger charge is 2.15. The summed E-state index contributed by atoms with van der Waals surface area (Å²) in [6, 6.07) is 16.7. The Balaban J connectivity index is 1.81. The van der Waals surface area contributed by atoms with Crippen LogP contribution in [-0.2, 0) is 11.4 Å². The first-order valence-electron chi connectivity index (χ1n) is 10.2. The van der Waals surface area contributed by atoms with E-state index in [4.69, 9.17) is 26.2 Å². The molecule has 0 aliphatic carbocycles. The fourth-order valence-corrected chi connectivity index (χ4v) is 3.69. The zero-order chi connectivity index (χ0) is 25.5. The highest BCUT2D eigenvalue weighted by atomic mass is 79.9. The number of carboxylic acid groups (broad SMARTS) is 1. The van der Waals surface area contributed by atoms with Crippen molar-refractivity contribution in [3.8, 4) is 17.6 Å². The molecule has 0 radical (unpaired) electrons. The Morgan fingerprint density at radius 1 is 1.17 bits per heavy atom. The number of halogens is 2. The number of nitrogens with zero attached hydrogens (tertiary/aromatic N) is 1. The fourth-order valence-electron chi connectivity index (χ4n) is 3.08.